The lowest BCUT2D eigenvalue weighted by molar-refractivity contribution is -0.368. The Bertz CT molecular complexity index is 336. The molecule has 0 spiro atoms. The summed E-state index contributed by atoms with van der Waals surface area (Å²) in [5.74, 6) is -0.313. The van der Waals surface area contributed by atoms with Gasteiger partial charge in [0.2, 0.25) is 0 Å². The Morgan fingerprint density at radius 2 is 1.21 bits per heavy atom. The van der Waals surface area contributed by atoms with Crippen molar-refractivity contribution in [3.05, 3.63) is 12.2 Å². The number of unbranched alkanes of at least 4 members (excludes halogenated alkanes) is 13. The van der Waals surface area contributed by atoms with Crippen LogP contribution < -0.4 is 22.7 Å². The Kier molecular flexibility index (Phi) is 31.7. The lowest BCUT2D eigenvalue weighted by atomic mass is 10.0. The highest BCUT2D eigenvalue weighted by Gasteiger charge is 2.01. The Morgan fingerprint density at radius 1 is 0.828 bits per heavy atom. The molecule has 0 radical (unpaired) electrons. The van der Waals surface area contributed by atoms with E-state index in [0.29, 0.717) is 12.2 Å². The number of ether oxygens (including phenoxy) is 1. The summed E-state index contributed by atoms with van der Waals surface area (Å²) in [6, 6.07) is 0. The van der Waals surface area contributed by atoms with E-state index in [1.165, 1.54) is 89.9 Å². The molecule has 0 amide bonds. The molecule has 3 N–H and O–H groups in total. The van der Waals surface area contributed by atoms with Crippen LogP contribution in [0.5, 0.6) is 0 Å². The molecule has 0 aliphatic heterocycles. The van der Waals surface area contributed by atoms with Crippen molar-refractivity contribution in [2.45, 2.75) is 104 Å². The molecule has 0 aromatic heterocycles. The average Bonchev–Trinajstić information content (AvgIpc) is 2.65. The number of nitrogens with zero attached hydrogens (tertiary/aromatic N) is 1. The second-order valence-corrected chi connectivity index (χ2v) is 8.17. The Balaban J connectivity index is -0.000000491. The van der Waals surface area contributed by atoms with Gasteiger partial charge in [-0.1, -0.05) is 90.6 Å². The lowest BCUT2D eigenvalue weighted by Crippen LogP contribution is -3.00. The lowest BCUT2D eigenvalue weighted by Gasteiger charge is -2.09. The molecule has 0 rings (SSSR count). The van der Waals surface area contributed by atoms with Gasteiger partial charge < -0.3 is 32.4 Å². The minimum atomic E-state index is -0.313. The number of carbonyl (C=O) groups excluding carboxylic acids is 1. The van der Waals surface area contributed by atoms with Crippen LogP contribution >= 0.6 is 0 Å². The van der Waals surface area contributed by atoms with Gasteiger partial charge in [0.05, 0.1) is 6.54 Å². The third-order valence-electron chi connectivity index (χ3n) is 4.72. The number of quaternary nitrogens is 1. The maximum absolute atomic E-state index is 10.8. The largest absolute Gasteiger partial charge is 1.00 e. The van der Waals surface area contributed by atoms with E-state index in [0.717, 1.165) is 13.1 Å². The third-order valence-corrected chi connectivity index (χ3v) is 4.72. The molecule has 0 aromatic rings. The highest BCUT2D eigenvalue weighted by Crippen LogP contribution is 2.12. The summed E-state index contributed by atoms with van der Waals surface area (Å²) in [6.45, 7) is 9.69. The molecule has 0 fully saturated rings. The van der Waals surface area contributed by atoms with Gasteiger partial charge in [-0.05, 0) is 33.9 Å². The van der Waals surface area contributed by atoms with E-state index >= 15 is 0 Å². The molecule has 0 unspecified atom stereocenters. The van der Waals surface area contributed by atoms with E-state index < -0.39 is 0 Å². The molecule has 0 saturated carbocycles. The monoisotopic (exact) mass is 478 g/mol. The highest BCUT2D eigenvalue weighted by atomic mass is 79.9. The van der Waals surface area contributed by atoms with Crippen LogP contribution in [0.4, 0.5) is 0 Å². The fourth-order valence-corrected chi connectivity index (χ4v) is 2.82. The van der Waals surface area contributed by atoms with E-state index in [4.69, 9.17) is 4.74 Å². The molecule has 29 heavy (non-hydrogen) atoms. The van der Waals surface area contributed by atoms with E-state index in [9.17, 15) is 4.79 Å². The maximum atomic E-state index is 10.8. The summed E-state index contributed by atoms with van der Waals surface area (Å²) in [6.07, 6.45) is 20.2. The van der Waals surface area contributed by atoms with Crippen molar-refractivity contribution in [1.29, 1.82) is 0 Å². The van der Waals surface area contributed by atoms with Gasteiger partial charge in [-0.15, -0.1) is 0 Å². The van der Waals surface area contributed by atoms with E-state index in [1.54, 1.807) is 6.92 Å². The third kappa shape index (κ3) is 32.5. The number of hydrogen-bond donors (Lipinski definition) is 1. The van der Waals surface area contributed by atoms with Gasteiger partial charge >= 0.3 is 5.97 Å². The van der Waals surface area contributed by atoms with Crippen molar-refractivity contribution in [2.75, 3.05) is 33.8 Å². The standard InChI is InChI=1S/C16H35N.C8H15NO2.BrH/c1-2-3-4-5-6-7-8-9-10-11-12-13-14-15-16-17;1-7(2)8(10)11-6-5-9(3)4;/h2-17H2,1H3;1,5-6H2,2-4H3;1H. The number of hydrogen-bond acceptors (Lipinski definition) is 3. The van der Waals surface area contributed by atoms with E-state index in [2.05, 4.69) is 19.2 Å². The molecule has 0 aliphatic carbocycles. The van der Waals surface area contributed by atoms with Crippen molar-refractivity contribution in [2.24, 2.45) is 0 Å². The van der Waals surface area contributed by atoms with Crippen LogP contribution in [0, 0.1) is 0 Å². The van der Waals surface area contributed by atoms with Crippen LogP contribution in [0.2, 0.25) is 0 Å². The van der Waals surface area contributed by atoms with Crippen LogP contribution in [0.1, 0.15) is 104 Å². The first kappa shape index (κ1) is 33.3. The molecular weight excluding hydrogens is 428 g/mol. The van der Waals surface area contributed by atoms with Crippen molar-refractivity contribution in [1.82, 2.24) is 4.90 Å². The number of esters is 1. The molecule has 5 heteroatoms. The van der Waals surface area contributed by atoms with Crippen LogP contribution in [0.3, 0.4) is 0 Å². The fourth-order valence-electron chi connectivity index (χ4n) is 2.82. The topological polar surface area (TPSA) is 57.2 Å². The van der Waals surface area contributed by atoms with Gasteiger partial charge in [-0.3, -0.25) is 0 Å². The Hall–Kier alpha value is -0.390. The van der Waals surface area contributed by atoms with Gasteiger partial charge in [0.15, 0.2) is 0 Å². The zero-order valence-electron chi connectivity index (χ0n) is 20.1. The Labute approximate surface area is 192 Å². The van der Waals surface area contributed by atoms with Gasteiger partial charge in [0.1, 0.15) is 6.61 Å². The van der Waals surface area contributed by atoms with Crippen molar-refractivity contribution in [3.63, 3.8) is 0 Å². The second-order valence-electron chi connectivity index (χ2n) is 8.17. The first-order valence-electron chi connectivity index (χ1n) is 11.7. The SMILES string of the molecule is C=C(C)C(=O)OCCN(C)C.CCCCCCCCCCCCCCCC[NH3+].[Br-]. The fraction of sp³-hybridized carbons (Fsp3) is 0.875. The first-order valence-corrected chi connectivity index (χ1v) is 11.7. The van der Waals surface area contributed by atoms with Gasteiger partial charge in [-0.2, -0.15) is 0 Å². The molecule has 176 valence electrons. The number of rotatable bonds is 18. The van der Waals surface area contributed by atoms with Gasteiger partial charge in [0, 0.05) is 12.1 Å². The van der Waals surface area contributed by atoms with Crippen LogP contribution in [0.25, 0.3) is 0 Å². The number of halogens is 1. The smallest absolute Gasteiger partial charge is 0.333 e. The van der Waals surface area contributed by atoms with E-state index in [-0.39, 0.29) is 23.0 Å². The minimum Gasteiger partial charge on any atom is -1.00 e. The number of likely N-dealkylation sites (N-methyl/N-ethyl adjacent to an activating group) is 1. The predicted octanol–water partition coefficient (Wildman–Crippen LogP) is 2.38. The summed E-state index contributed by atoms with van der Waals surface area (Å²) >= 11 is 0. The van der Waals surface area contributed by atoms with Crippen molar-refractivity contribution >= 4 is 5.97 Å². The van der Waals surface area contributed by atoms with Crippen molar-refractivity contribution in [3.8, 4) is 0 Å². The van der Waals surface area contributed by atoms with E-state index in [1.807, 2.05) is 19.0 Å². The summed E-state index contributed by atoms with van der Waals surface area (Å²) in [5, 5.41) is 0. The molecule has 0 heterocycles. The summed E-state index contributed by atoms with van der Waals surface area (Å²) in [5.41, 5.74) is 4.33. The molecule has 0 bridgehead atoms. The molecule has 0 saturated heterocycles. The van der Waals surface area contributed by atoms with Gasteiger partial charge in [0.25, 0.3) is 0 Å². The molecule has 0 aliphatic rings. The zero-order chi connectivity index (χ0) is 21.5. The predicted molar refractivity (Wildman–Crippen MR) is 122 cm³/mol. The molecular formula is C24H51BrN2O2. The van der Waals surface area contributed by atoms with Crippen LogP contribution in [-0.2, 0) is 9.53 Å². The minimum absolute atomic E-state index is 0. The zero-order valence-corrected chi connectivity index (χ0v) is 21.7. The molecule has 0 atom stereocenters. The summed E-state index contributed by atoms with van der Waals surface area (Å²) in [7, 11) is 3.85. The second kappa shape index (κ2) is 27.6. The van der Waals surface area contributed by atoms with Crippen molar-refractivity contribution < 1.29 is 32.2 Å². The normalized spacial score (nSPS) is 10.1. The van der Waals surface area contributed by atoms with Crippen LogP contribution in [-0.4, -0.2) is 44.7 Å². The first-order chi connectivity index (χ1) is 13.5. The van der Waals surface area contributed by atoms with Gasteiger partial charge in [-0.25, -0.2) is 4.79 Å². The quantitative estimate of drug-likeness (QED) is 0.187. The number of carbonyl (C=O) groups is 1. The highest BCUT2D eigenvalue weighted by molar-refractivity contribution is 5.86. The average molecular weight is 480 g/mol. The summed E-state index contributed by atoms with van der Waals surface area (Å²) in [4.78, 5) is 12.7. The Morgan fingerprint density at radius 3 is 1.52 bits per heavy atom. The molecule has 4 nitrogen and oxygen atoms in total. The maximum Gasteiger partial charge on any atom is 0.333 e. The summed E-state index contributed by atoms with van der Waals surface area (Å²) < 4.78 is 4.83. The molecule has 0 aromatic carbocycles. The van der Waals surface area contributed by atoms with Crippen LogP contribution in [0.15, 0.2) is 12.2 Å².